The first-order valence-corrected chi connectivity index (χ1v) is 5.84. The van der Waals surface area contributed by atoms with Crippen molar-refractivity contribution in [1.82, 2.24) is 4.98 Å². The number of fused-ring (bicyclic) bond motifs is 1. The highest BCUT2D eigenvalue weighted by atomic mass is 16.6. The summed E-state index contributed by atoms with van der Waals surface area (Å²) in [7, 11) is 0. The van der Waals surface area contributed by atoms with Crippen molar-refractivity contribution in [3.8, 4) is 0 Å². The summed E-state index contributed by atoms with van der Waals surface area (Å²) in [6.45, 7) is 3.18. The highest BCUT2D eigenvalue weighted by Gasteiger charge is 2.13. The fourth-order valence-corrected chi connectivity index (χ4v) is 1.73. The van der Waals surface area contributed by atoms with Gasteiger partial charge in [0.05, 0.1) is 12.2 Å². The fourth-order valence-electron chi connectivity index (χ4n) is 1.73. The van der Waals surface area contributed by atoms with Crippen molar-refractivity contribution in [3.05, 3.63) is 30.0 Å². The molecular weight excluding hydrogens is 232 g/mol. The Morgan fingerprint density at radius 2 is 2.22 bits per heavy atom. The molecule has 0 bridgehead atoms. The minimum absolute atomic E-state index is 0.258. The number of nitrogens with two attached hydrogens (primary N) is 1. The predicted octanol–water partition coefficient (Wildman–Crippen LogP) is 1.94. The van der Waals surface area contributed by atoms with E-state index in [0.29, 0.717) is 24.5 Å². The Labute approximate surface area is 105 Å². The number of nitrogens with one attached hydrogen (secondary N) is 1. The van der Waals surface area contributed by atoms with Gasteiger partial charge in [0.15, 0.2) is 0 Å². The number of carbonyl (C=O) groups excluding carboxylic acids is 1. The number of carbonyl (C=O) groups is 1. The number of benzene rings is 1. The van der Waals surface area contributed by atoms with Crippen molar-refractivity contribution in [3.63, 3.8) is 0 Å². The van der Waals surface area contributed by atoms with E-state index in [1.165, 1.54) is 0 Å². The second-order valence-electron chi connectivity index (χ2n) is 3.84. The van der Waals surface area contributed by atoms with E-state index < -0.39 is 0 Å². The zero-order valence-electron chi connectivity index (χ0n) is 10.2. The standard InChI is InChI=1S/C13H16N2O3/c1-2-17-5-6-18-13(16)11-8-15-12-7-9(14)3-4-10(11)12/h3-4,7-8,15H,2,5-6,14H2,1H3. The molecule has 0 radical (unpaired) electrons. The van der Waals surface area contributed by atoms with Crippen LogP contribution in [0.3, 0.4) is 0 Å². The van der Waals surface area contributed by atoms with Crippen molar-refractivity contribution >= 4 is 22.6 Å². The van der Waals surface area contributed by atoms with Crippen LogP contribution < -0.4 is 5.73 Å². The van der Waals surface area contributed by atoms with Gasteiger partial charge in [-0.05, 0) is 25.1 Å². The van der Waals surface area contributed by atoms with Gasteiger partial charge in [-0.15, -0.1) is 0 Å². The van der Waals surface area contributed by atoms with Crippen LogP contribution in [0.25, 0.3) is 10.9 Å². The number of H-pyrrole nitrogens is 1. The first kappa shape index (κ1) is 12.4. The molecule has 0 amide bonds. The topological polar surface area (TPSA) is 77.3 Å². The van der Waals surface area contributed by atoms with Crippen LogP contribution in [0.1, 0.15) is 17.3 Å². The summed E-state index contributed by atoms with van der Waals surface area (Å²) in [5, 5.41) is 0.811. The van der Waals surface area contributed by atoms with Crippen LogP contribution in [0.4, 0.5) is 5.69 Å². The lowest BCUT2D eigenvalue weighted by molar-refractivity contribution is 0.0337. The zero-order chi connectivity index (χ0) is 13.0. The van der Waals surface area contributed by atoms with Gasteiger partial charge in [-0.2, -0.15) is 0 Å². The molecule has 1 aromatic carbocycles. The third-order valence-corrected chi connectivity index (χ3v) is 2.59. The largest absolute Gasteiger partial charge is 0.460 e. The van der Waals surface area contributed by atoms with Gasteiger partial charge in [-0.1, -0.05) is 0 Å². The molecule has 18 heavy (non-hydrogen) atoms. The first-order chi connectivity index (χ1) is 8.72. The van der Waals surface area contributed by atoms with Crippen LogP contribution in [-0.4, -0.2) is 30.8 Å². The lowest BCUT2D eigenvalue weighted by Gasteiger charge is -2.04. The van der Waals surface area contributed by atoms with Crippen molar-refractivity contribution in [2.45, 2.75) is 6.92 Å². The quantitative estimate of drug-likeness (QED) is 0.481. The lowest BCUT2D eigenvalue weighted by Crippen LogP contribution is -2.10. The van der Waals surface area contributed by atoms with Crippen molar-refractivity contribution in [1.29, 1.82) is 0 Å². The van der Waals surface area contributed by atoms with Crippen molar-refractivity contribution in [2.75, 3.05) is 25.6 Å². The minimum atomic E-state index is -0.356. The number of nitrogen functional groups attached to an aromatic ring is 1. The molecular formula is C13H16N2O3. The predicted molar refractivity (Wildman–Crippen MR) is 69.5 cm³/mol. The number of ether oxygens (including phenoxy) is 2. The summed E-state index contributed by atoms with van der Waals surface area (Å²) in [6, 6.07) is 5.35. The smallest absolute Gasteiger partial charge is 0.340 e. The second-order valence-corrected chi connectivity index (χ2v) is 3.84. The maximum absolute atomic E-state index is 11.8. The summed E-state index contributed by atoms with van der Waals surface area (Å²) in [4.78, 5) is 14.8. The molecule has 2 aromatic rings. The number of esters is 1. The molecule has 96 valence electrons. The molecule has 0 saturated carbocycles. The van der Waals surface area contributed by atoms with E-state index >= 15 is 0 Å². The first-order valence-electron chi connectivity index (χ1n) is 5.84. The van der Waals surface area contributed by atoms with Gasteiger partial charge < -0.3 is 20.2 Å². The normalized spacial score (nSPS) is 10.7. The zero-order valence-corrected chi connectivity index (χ0v) is 10.2. The van der Waals surface area contributed by atoms with E-state index in [1.807, 2.05) is 6.92 Å². The van der Waals surface area contributed by atoms with Crippen LogP contribution in [0.15, 0.2) is 24.4 Å². The Balaban J connectivity index is 2.08. The summed E-state index contributed by atoms with van der Waals surface area (Å²) in [5.41, 5.74) is 7.66. The van der Waals surface area contributed by atoms with E-state index in [-0.39, 0.29) is 12.6 Å². The monoisotopic (exact) mass is 248 g/mol. The highest BCUT2D eigenvalue weighted by Crippen LogP contribution is 2.21. The van der Waals surface area contributed by atoms with Crippen LogP contribution >= 0.6 is 0 Å². The molecule has 3 N–H and O–H groups in total. The van der Waals surface area contributed by atoms with Gasteiger partial charge in [0, 0.05) is 29.4 Å². The molecule has 5 heteroatoms. The van der Waals surface area contributed by atoms with E-state index in [0.717, 1.165) is 10.9 Å². The Morgan fingerprint density at radius 3 is 3.00 bits per heavy atom. The van der Waals surface area contributed by atoms with E-state index in [1.54, 1.807) is 24.4 Å². The van der Waals surface area contributed by atoms with Crippen LogP contribution in [0.2, 0.25) is 0 Å². The van der Waals surface area contributed by atoms with E-state index in [2.05, 4.69) is 4.98 Å². The van der Waals surface area contributed by atoms with Gasteiger partial charge in [-0.25, -0.2) is 4.79 Å². The summed E-state index contributed by atoms with van der Waals surface area (Å²) in [5.74, 6) is -0.356. The van der Waals surface area contributed by atoms with Gasteiger partial charge >= 0.3 is 5.97 Å². The fraction of sp³-hybridized carbons (Fsp3) is 0.308. The molecule has 5 nitrogen and oxygen atoms in total. The Hall–Kier alpha value is -2.01. The molecule has 0 aliphatic rings. The maximum atomic E-state index is 11.8. The minimum Gasteiger partial charge on any atom is -0.460 e. The third-order valence-electron chi connectivity index (χ3n) is 2.59. The molecule has 0 unspecified atom stereocenters. The molecule has 1 aromatic heterocycles. The average Bonchev–Trinajstić information content (AvgIpc) is 2.77. The number of rotatable bonds is 5. The molecule has 0 aliphatic heterocycles. The maximum Gasteiger partial charge on any atom is 0.340 e. The average molecular weight is 248 g/mol. The van der Waals surface area contributed by atoms with Crippen molar-refractivity contribution < 1.29 is 14.3 Å². The second kappa shape index (κ2) is 5.55. The number of hydrogen-bond acceptors (Lipinski definition) is 4. The van der Waals surface area contributed by atoms with E-state index in [4.69, 9.17) is 15.2 Å². The molecule has 0 saturated heterocycles. The van der Waals surface area contributed by atoms with Gasteiger partial charge in [0.1, 0.15) is 6.61 Å². The van der Waals surface area contributed by atoms with Gasteiger partial charge in [0.25, 0.3) is 0 Å². The van der Waals surface area contributed by atoms with Crippen LogP contribution in [0.5, 0.6) is 0 Å². The molecule has 0 aliphatic carbocycles. The summed E-state index contributed by atoms with van der Waals surface area (Å²) >= 11 is 0. The Morgan fingerprint density at radius 1 is 1.39 bits per heavy atom. The molecule has 0 fully saturated rings. The number of anilines is 1. The van der Waals surface area contributed by atoms with Crippen LogP contribution in [-0.2, 0) is 9.47 Å². The summed E-state index contributed by atoms with van der Waals surface area (Å²) < 4.78 is 10.2. The molecule has 1 heterocycles. The number of aromatic amines is 1. The lowest BCUT2D eigenvalue weighted by atomic mass is 10.1. The Kier molecular flexibility index (Phi) is 3.84. The van der Waals surface area contributed by atoms with Gasteiger partial charge in [0.2, 0.25) is 0 Å². The third kappa shape index (κ3) is 2.62. The molecule has 2 rings (SSSR count). The van der Waals surface area contributed by atoms with Gasteiger partial charge in [-0.3, -0.25) is 0 Å². The SMILES string of the molecule is CCOCCOC(=O)c1c[nH]c2cc(N)ccc12. The molecule has 0 atom stereocenters. The molecule has 0 spiro atoms. The van der Waals surface area contributed by atoms with E-state index in [9.17, 15) is 4.79 Å². The number of hydrogen-bond donors (Lipinski definition) is 2. The Bertz CT molecular complexity index is 548. The summed E-state index contributed by atoms with van der Waals surface area (Å²) in [6.07, 6.45) is 1.63. The van der Waals surface area contributed by atoms with Crippen LogP contribution in [0, 0.1) is 0 Å². The number of aromatic nitrogens is 1. The highest BCUT2D eigenvalue weighted by molar-refractivity contribution is 6.04. The van der Waals surface area contributed by atoms with Crippen molar-refractivity contribution in [2.24, 2.45) is 0 Å².